The van der Waals surface area contributed by atoms with E-state index in [2.05, 4.69) is 35.7 Å². The van der Waals surface area contributed by atoms with E-state index in [1.807, 2.05) is 0 Å². The predicted molar refractivity (Wildman–Crippen MR) is 119 cm³/mol. The van der Waals surface area contributed by atoms with Crippen LogP contribution in [0.5, 0.6) is 0 Å². The van der Waals surface area contributed by atoms with Crippen LogP contribution in [0.25, 0.3) is 0 Å². The number of nitrogens with zero attached hydrogens (tertiary/aromatic N) is 3. The molecule has 3 rings (SSSR count). The van der Waals surface area contributed by atoms with E-state index in [0.29, 0.717) is 24.7 Å². The van der Waals surface area contributed by atoms with Gasteiger partial charge in [0, 0.05) is 26.2 Å². The van der Waals surface area contributed by atoms with Crippen molar-refractivity contribution in [1.82, 2.24) is 25.3 Å². The lowest BCUT2D eigenvalue weighted by molar-refractivity contribution is -0.132. The number of hydrogen-bond donors (Lipinski definition) is 2. The lowest BCUT2D eigenvalue weighted by atomic mass is 9.95. The van der Waals surface area contributed by atoms with Crippen LogP contribution in [0.1, 0.15) is 80.3 Å². The molecule has 2 heterocycles. The van der Waals surface area contributed by atoms with Gasteiger partial charge in [-0.05, 0) is 51.4 Å². The number of aromatic nitrogens is 2. The van der Waals surface area contributed by atoms with Gasteiger partial charge in [0.05, 0.1) is 6.54 Å². The monoisotopic (exact) mass is 429 g/mol. The van der Waals surface area contributed by atoms with E-state index in [4.69, 9.17) is 0 Å². The Morgan fingerprint density at radius 2 is 2.00 bits per heavy atom. The molecule has 170 valence electrons. The highest BCUT2D eigenvalue weighted by Gasteiger charge is 2.46. The fraction of sp³-hybridized carbons (Fsp3) is 0.652. The average Bonchev–Trinajstić information content (AvgIpc) is 3.16. The first-order chi connectivity index (χ1) is 14.7. The lowest BCUT2D eigenvalue weighted by Crippen LogP contribution is -2.62. The van der Waals surface area contributed by atoms with Gasteiger partial charge in [-0.3, -0.25) is 19.1 Å². The van der Waals surface area contributed by atoms with Crippen molar-refractivity contribution < 1.29 is 14.4 Å². The van der Waals surface area contributed by atoms with Gasteiger partial charge < -0.3 is 15.5 Å². The zero-order valence-electron chi connectivity index (χ0n) is 19.2. The first-order valence-corrected chi connectivity index (χ1v) is 11.3. The minimum absolute atomic E-state index is 0.207. The summed E-state index contributed by atoms with van der Waals surface area (Å²) in [6, 6.07) is 1.52. The number of likely N-dealkylation sites (N-methyl/N-ethyl adjacent to an activating group) is 1. The van der Waals surface area contributed by atoms with Crippen molar-refractivity contribution in [3.8, 4) is 0 Å². The molecule has 8 nitrogen and oxygen atoms in total. The molecule has 1 aliphatic carbocycles. The second-order valence-electron chi connectivity index (χ2n) is 9.26. The Balaban J connectivity index is 1.65. The summed E-state index contributed by atoms with van der Waals surface area (Å²) in [5.74, 6) is -0.340. The summed E-state index contributed by atoms with van der Waals surface area (Å²) in [4.78, 5) is 39.8. The van der Waals surface area contributed by atoms with Crippen molar-refractivity contribution in [2.75, 3.05) is 20.1 Å². The van der Waals surface area contributed by atoms with E-state index in [-0.39, 0.29) is 30.0 Å². The van der Waals surface area contributed by atoms with Gasteiger partial charge in [-0.25, -0.2) is 0 Å². The summed E-state index contributed by atoms with van der Waals surface area (Å²) in [7, 11) is 1.62. The van der Waals surface area contributed by atoms with Gasteiger partial charge >= 0.3 is 0 Å². The zero-order chi connectivity index (χ0) is 22.6. The lowest BCUT2D eigenvalue weighted by Gasteiger charge is -2.40. The molecule has 2 aliphatic rings. The molecule has 0 aromatic carbocycles. The standard InChI is InChI=1S/C23H35N5O3/c1-16(2)10-12-25-22(31)23(3)15-28-19(21(30)27(23)4)14-18(26-28)20(29)24-13-11-17-8-6-5-7-9-17/h8,14,16H,5-7,9-13,15H2,1-4H3,(H,24,29)(H,25,31)/t23-/m1/s1. The number of rotatable bonds is 8. The first kappa shape index (κ1) is 23.0. The maximum atomic E-state index is 12.9. The maximum absolute atomic E-state index is 12.9. The van der Waals surface area contributed by atoms with E-state index in [1.165, 1.54) is 34.1 Å². The van der Waals surface area contributed by atoms with Gasteiger partial charge in [0.1, 0.15) is 11.2 Å². The predicted octanol–water partition coefficient (Wildman–Crippen LogP) is 2.51. The largest absolute Gasteiger partial charge is 0.354 e. The molecule has 0 fully saturated rings. The molecule has 1 aromatic heterocycles. The number of nitrogens with one attached hydrogen (secondary N) is 2. The quantitative estimate of drug-likeness (QED) is 0.621. The van der Waals surface area contributed by atoms with Gasteiger partial charge in [-0.2, -0.15) is 5.10 Å². The molecule has 2 N–H and O–H groups in total. The number of fused-ring (bicyclic) bond motifs is 1. The molecule has 31 heavy (non-hydrogen) atoms. The van der Waals surface area contributed by atoms with Crippen LogP contribution in [0.15, 0.2) is 17.7 Å². The van der Waals surface area contributed by atoms with Crippen molar-refractivity contribution in [2.45, 2.75) is 71.4 Å². The summed E-state index contributed by atoms with van der Waals surface area (Å²) in [5.41, 5.74) is 0.870. The van der Waals surface area contributed by atoms with E-state index >= 15 is 0 Å². The van der Waals surface area contributed by atoms with Crippen LogP contribution >= 0.6 is 0 Å². The number of carbonyl (C=O) groups excluding carboxylic acids is 3. The molecular formula is C23H35N5O3. The van der Waals surface area contributed by atoms with Gasteiger partial charge in [0.25, 0.3) is 11.8 Å². The van der Waals surface area contributed by atoms with E-state index in [1.54, 1.807) is 14.0 Å². The molecule has 0 saturated carbocycles. The number of carbonyl (C=O) groups is 3. The van der Waals surface area contributed by atoms with Gasteiger partial charge in [0.15, 0.2) is 5.69 Å². The Labute approximate surface area is 184 Å². The first-order valence-electron chi connectivity index (χ1n) is 11.3. The second kappa shape index (κ2) is 9.66. The number of hydrogen-bond acceptors (Lipinski definition) is 4. The molecule has 0 bridgehead atoms. The summed E-state index contributed by atoms with van der Waals surface area (Å²) in [6.45, 7) is 7.24. The third kappa shape index (κ3) is 5.17. The summed E-state index contributed by atoms with van der Waals surface area (Å²) in [5, 5.41) is 10.2. The molecular weight excluding hydrogens is 394 g/mol. The molecule has 0 unspecified atom stereocenters. The fourth-order valence-electron chi connectivity index (χ4n) is 4.06. The summed E-state index contributed by atoms with van der Waals surface area (Å²) >= 11 is 0. The summed E-state index contributed by atoms with van der Waals surface area (Å²) < 4.78 is 1.49. The Kier molecular flexibility index (Phi) is 7.18. The number of allylic oxidation sites excluding steroid dienone is 1. The average molecular weight is 430 g/mol. The summed E-state index contributed by atoms with van der Waals surface area (Å²) in [6.07, 6.45) is 8.67. The third-order valence-electron chi connectivity index (χ3n) is 6.35. The van der Waals surface area contributed by atoms with Crippen LogP contribution in [0.3, 0.4) is 0 Å². The highest BCUT2D eigenvalue weighted by Crippen LogP contribution is 2.26. The van der Waals surface area contributed by atoms with Crippen molar-refractivity contribution in [1.29, 1.82) is 0 Å². The van der Waals surface area contributed by atoms with Crippen molar-refractivity contribution in [3.05, 3.63) is 29.1 Å². The van der Waals surface area contributed by atoms with Gasteiger partial charge in [-0.15, -0.1) is 0 Å². The van der Waals surface area contributed by atoms with Crippen LogP contribution in [0.2, 0.25) is 0 Å². The molecule has 1 aromatic rings. The molecule has 1 aliphatic heterocycles. The number of amides is 3. The molecule has 0 radical (unpaired) electrons. The Bertz CT molecular complexity index is 873. The minimum Gasteiger partial charge on any atom is -0.354 e. The van der Waals surface area contributed by atoms with Crippen molar-refractivity contribution >= 4 is 17.7 Å². The SMILES string of the molecule is CC(C)CCNC(=O)[C@@]1(C)Cn2nc(C(=O)NCCC3=CCCCC3)cc2C(=O)N1C. The van der Waals surface area contributed by atoms with E-state index in [9.17, 15) is 14.4 Å². The zero-order valence-corrected chi connectivity index (χ0v) is 19.2. The smallest absolute Gasteiger partial charge is 0.272 e. The maximum Gasteiger partial charge on any atom is 0.272 e. The van der Waals surface area contributed by atoms with Crippen LogP contribution < -0.4 is 10.6 Å². The van der Waals surface area contributed by atoms with Gasteiger partial charge in [-0.1, -0.05) is 25.5 Å². The fourth-order valence-corrected chi connectivity index (χ4v) is 4.06. The van der Waals surface area contributed by atoms with Crippen LogP contribution in [-0.4, -0.2) is 58.1 Å². The topological polar surface area (TPSA) is 96.3 Å². The van der Waals surface area contributed by atoms with E-state index < -0.39 is 5.54 Å². The van der Waals surface area contributed by atoms with Crippen LogP contribution in [-0.2, 0) is 11.3 Å². The molecule has 0 saturated heterocycles. The molecule has 0 spiro atoms. The van der Waals surface area contributed by atoms with Gasteiger partial charge in [0.2, 0.25) is 5.91 Å². The molecule has 3 amide bonds. The highest BCUT2D eigenvalue weighted by molar-refractivity contribution is 6.01. The third-order valence-corrected chi connectivity index (χ3v) is 6.35. The Morgan fingerprint density at radius 1 is 1.23 bits per heavy atom. The normalized spacial score (nSPS) is 21.0. The second-order valence-corrected chi connectivity index (χ2v) is 9.26. The van der Waals surface area contributed by atoms with Crippen LogP contribution in [0, 0.1) is 5.92 Å². The van der Waals surface area contributed by atoms with Crippen LogP contribution in [0.4, 0.5) is 0 Å². The van der Waals surface area contributed by atoms with Crippen molar-refractivity contribution in [3.63, 3.8) is 0 Å². The Morgan fingerprint density at radius 3 is 2.68 bits per heavy atom. The molecule has 1 atom stereocenters. The van der Waals surface area contributed by atoms with Crippen molar-refractivity contribution in [2.24, 2.45) is 5.92 Å². The minimum atomic E-state index is -1.06. The highest BCUT2D eigenvalue weighted by atomic mass is 16.2. The Hall–Kier alpha value is -2.64. The van der Waals surface area contributed by atoms with E-state index in [0.717, 1.165) is 25.7 Å². The molecule has 8 heteroatoms.